The zero-order valence-corrected chi connectivity index (χ0v) is 16.9. The molecule has 0 unspecified atom stereocenters. The van der Waals surface area contributed by atoms with Gasteiger partial charge in [-0.2, -0.15) is 0 Å². The summed E-state index contributed by atoms with van der Waals surface area (Å²) in [6, 6.07) is 8.80. The van der Waals surface area contributed by atoms with Crippen LogP contribution in [0.25, 0.3) is 0 Å². The van der Waals surface area contributed by atoms with Crippen molar-refractivity contribution in [3.63, 3.8) is 0 Å². The number of halogens is 1. The lowest BCUT2D eigenvalue weighted by atomic mass is 10.1. The molecule has 0 radical (unpaired) electrons. The summed E-state index contributed by atoms with van der Waals surface area (Å²) in [4.78, 5) is 26.0. The number of methoxy groups -OCH3 is 3. The van der Waals surface area contributed by atoms with E-state index in [-0.39, 0.29) is 6.42 Å². The summed E-state index contributed by atoms with van der Waals surface area (Å²) >= 11 is 0. The number of hydrogen-bond donors (Lipinski definition) is 0. The Bertz CT molecular complexity index is 828. The average Bonchev–Trinajstić information content (AvgIpc) is 2.73. The van der Waals surface area contributed by atoms with Crippen molar-refractivity contribution >= 4 is 17.6 Å². The normalized spacial score (nSPS) is 10.2. The Balaban J connectivity index is 2.02. The largest absolute Gasteiger partial charge is 0.493 e. The van der Waals surface area contributed by atoms with Crippen LogP contribution < -0.4 is 19.1 Å². The third kappa shape index (κ3) is 5.60. The minimum atomic E-state index is -0.581. The summed E-state index contributed by atoms with van der Waals surface area (Å²) in [6.45, 7) is 1.71. The number of hydrogen-bond acceptors (Lipinski definition) is 6. The predicted molar refractivity (Wildman–Crippen MR) is 105 cm³/mol. The highest BCUT2D eigenvalue weighted by molar-refractivity contribution is 5.95. The van der Waals surface area contributed by atoms with Crippen molar-refractivity contribution in [2.24, 2.45) is 0 Å². The lowest BCUT2D eigenvalue weighted by Crippen LogP contribution is -2.34. The Hall–Kier alpha value is -3.29. The Morgan fingerprint density at radius 1 is 0.966 bits per heavy atom. The first-order valence-corrected chi connectivity index (χ1v) is 8.93. The molecule has 8 heteroatoms. The maximum Gasteiger partial charge on any atom is 0.310 e. The van der Waals surface area contributed by atoms with Crippen LogP contribution in [0.15, 0.2) is 36.4 Å². The summed E-state index contributed by atoms with van der Waals surface area (Å²) in [7, 11) is 4.44. The summed E-state index contributed by atoms with van der Waals surface area (Å²) in [5, 5.41) is 0. The third-order valence-electron chi connectivity index (χ3n) is 4.19. The SMILES string of the molecule is CCN(C(=O)COC(=O)Cc1cc(OC)c(OC)c(OC)c1)c1ccc(F)cc1. The minimum absolute atomic E-state index is 0.0767. The van der Waals surface area contributed by atoms with Gasteiger partial charge in [-0.1, -0.05) is 0 Å². The van der Waals surface area contributed by atoms with Crippen LogP contribution in [0.4, 0.5) is 10.1 Å². The van der Waals surface area contributed by atoms with Gasteiger partial charge in [0.25, 0.3) is 5.91 Å². The summed E-state index contributed by atoms with van der Waals surface area (Å²) < 4.78 is 34.0. The molecule has 2 aromatic carbocycles. The van der Waals surface area contributed by atoms with Crippen LogP contribution >= 0.6 is 0 Å². The fourth-order valence-electron chi connectivity index (χ4n) is 2.80. The highest BCUT2D eigenvalue weighted by Gasteiger charge is 2.18. The first kappa shape index (κ1) is 22.0. The lowest BCUT2D eigenvalue weighted by molar-refractivity contribution is -0.147. The Labute approximate surface area is 168 Å². The Morgan fingerprint density at radius 3 is 2.03 bits per heavy atom. The maximum absolute atomic E-state index is 13.1. The summed E-state index contributed by atoms with van der Waals surface area (Å²) in [5.41, 5.74) is 1.11. The quantitative estimate of drug-likeness (QED) is 0.597. The van der Waals surface area contributed by atoms with E-state index < -0.39 is 24.3 Å². The fraction of sp³-hybridized carbons (Fsp3) is 0.333. The van der Waals surface area contributed by atoms with E-state index >= 15 is 0 Å². The monoisotopic (exact) mass is 405 g/mol. The standard InChI is InChI=1S/C21H24FNO6/c1-5-23(16-8-6-15(22)7-9-16)19(24)13-29-20(25)12-14-10-17(26-2)21(28-4)18(11-14)27-3/h6-11H,5,12-13H2,1-4H3. The van der Waals surface area contributed by atoms with Crippen LogP contribution in [0.2, 0.25) is 0 Å². The van der Waals surface area contributed by atoms with E-state index in [9.17, 15) is 14.0 Å². The molecule has 2 aromatic rings. The minimum Gasteiger partial charge on any atom is -0.493 e. The fourth-order valence-corrected chi connectivity index (χ4v) is 2.80. The third-order valence-corrected chi connectivity index (χ3v) is 4.19. The van der Waals surface area contributed by atoms with E-state index in [0.29, 0.717) is 35.0 Å². The number of nitrogens with zero attached hydrogens (tertiary/aromatic N) is 1. The summed E-state index contributed by atoms with van der Waals surface area (Å²) in [5.74, 6) is -0.132. The van der Waals surface area contributed by atoms with E-state index in [4.69, 9.17) is 18.9 Å². The van der Waals surface area contributed by atoms with E-state index in [0.717, 1.165) is 0 Å². The molecule has 0 heterocycles. The lowest BCUT2D eigenvalue weighted by Gasteiger charge is -2.21. The smallest absolute Gasteiger partial charge is 0.310 e. The van der Waals surface area contributed by atoms with Crippen LogP contribution in [0.3, 0.4) is 0 Å². The highest BCUT2D eigenvalue weighted by Crippen LogP contribution is 2.38. The van der Waals surface area contributed by atoms with Crippen LogP contribution in [0, 0.1) is 5.82 Å². The van der Waals surface area contributed by atoms with Crippen molar-refractivity contribution in [2.45, 2.75) is 13.3 Å². The second-order valence-corrected chi connectivity index (χ2v) is 5.99. The van der Waals surface area contributed by atoms with Gasteiger partial charge >= 0.3 is 5.97 Å². The van der Waals surface area contributed by atoms with Gasteiger partial charge in [-0.05, 0) is 48.9 Å². The molecule has 0 aromatic heterocycles. The first-order valence-electron chi connectivity index (χ1n) is 8.93. The van der Waals surface area contributed by atoms with Gasteiger partial charge in [0.2, 0.25) is 5.75 Å². The molecule has 2 rings (SSSR count). The van der Waals surface area contributed by atoms with Crippen molar-refractivity contribution in [1.82, 2.24) is 0 Å². The number of esters is 1. The number of likely N-dealkylation sites (N-methyl/N-ethyl adjacent to an activating group) is 1. The molecular weight excluding hydrogens is 381 g/mol. The van der Waals surface area contributed by atoms with Gasteiger partial charge in [-0.3, -0.25) is 9.59 Å². The Morgan fingerprint density at radius 2 is 1.55 bits per heavy atom. The zero-order chi connectivity index (χ0) is 21.4. The van der Waals surface area contributed by atoms with E-state index in [1.807, 2.05) is 0 Å². The van der Waals surface area contributed by atoms with Gasteiger partial charge in [0.05, 0.1) is 27.8 Å². The Kier molecular flexibility index (Phi) is 7.82. The molecule has 0 saturated carbocycles. The average molecular weight is 405 g/mol. The second kappa shape index (κ2) is 10.3. The number of ether oxygens (including phenoxy) is 4. The molecule has 0 aliphatic rings. The molecule has 0 saturated heterocycles. The van der Waals surface area contributed by atoms with Gasteiger partial charge in [0, 0.05) is 12.2 Å². The van der Waals surface area contributed by atoms with Gasteiger partial charge in [-0.25, -0.2) is 4.39 Å². The van der Waals surface area contributed by atoms with Crippen LogP contribution in [0.5, 0.6) is 17.2 Å². The molecule has 0 fully saturated rings. The molecule has 0 N–H and O–H groups in total. The molecule has 0 aliphatic carbocycles. The van der Waals surface area contributed by atoms with Crippen LogP contribution in [-0.4, -0.2) is 46.4 Å². The molecule has 0 spiro atoms. The second-order valence-electron chi connectivity index (χ2n) is 5.99. The van der Waals surface area contributed by atoms with Gasteiger partial charge in [-0.15, -0.1) is 0 Å². The predicted octanol–water partition coefficient (Wildman–Crippen LogP) is 2.99. The number of carbonyl (C=O) groups is 2. The van der Waals surface area contributed by atoms with Gasteiger partial charge in [0.1, 0.15) is 5.82 Å². The van der Waals surface area contributed by atoms with Crippen molar-refractivity contribution in [3.05, 3.63) is 47.8 Å². The first-order chi connectivity index (χ1) is 13.9. The highest BCUT2D eigenvalue weighted by atomic mass is 19.1. The molecule has 0 atom stereocenters. The molecule has 0 bridgehead atoms. The molecule has 1 amide bonds. The van der Waals surface area contributed by atoms with Crippen molar-refractivity contribution in [2.75, 3.05) is 39.4 Å². The molecule has 156 valence electrons. The number of amides is 1. The van der Waals surface area contributed by atoms with Crippen molar-refractivity contribution in [3.8, 4) is 17.2 Å². The number of rotatable bonds is 9. The topological polar surface area (TPSA) is 74.3 Å². The molecule has 29 heavy (non-hydrogen) atoms. The van der Waals surface area contributed by atoms with Crippen molar-refractivity contribution < 1.29 is 32.9 Å². The number of carbonyl (C=O) groups excluding carboxylic acids is 2. The number of anilines is 1. The number of benzene rings is 2. The van der Waals surface area contributed by atoms with E-state index in [2.05, 4.69) is 0 Å². The molecule has 0 aliphatic heterocycles. The van der Waals surface area contributed by atoms with E-state index in [1.54, 1.807) is 19.1 Å². The molecular formula is C21H24FNO6. The summed E-state index contributed by atoms with van der Waals surface area (Å²) in [6.07, 6.45) is -0.0767. The van der Waals surface area contributed by atoms with Gasteiger partial charge in [0.15, 0.2) is 18.1 Å². The van der Waals surface area contributed by atoms with Crippen LogP contribution in [-0.2, 0) is 20.7 Å². The zero-order valence-electron chi connectivity index (χ0n) is 16.9. The van der Waals surface area contributed by atoms with Crippen molar-refractivity contribution in [1.29, 1.82) is 0 Å². The van der Waals surface area contributed by atoms with Crippen LogP contribution in [0.1, 0.15) is 12.5 Å². The van der Waals surface area contributed by atoms with E-state index in [1.165, 1.54) is 50.5 Å². The molecule has 7 nitrogen and oxygen atoms in total. The van der Waals surface area contributed by atoms with Gasteiger partial charge < -0.3 is 23.8 Å². The maximum atomic E-state index is 13.1.